The van der Waals surface area contributed by atoms with Gasteiger partial charge in [0.2, 0.25) is 0 Å². The van der Waals surface area contributed by atoms with Crippen molar-refractivity contribution in [3.05, 3.63) is 0 Å². The van der Waals surface area contributed by atoms with Crippen LogP contribution in [0.5, 0.6) is 0 Å². The molecule has 0 aromatic rings. The van der Waals surface area contributed by atoms with E-state index in [1.807, 2.05) is 0 Å². The van der Waals surface area contributed by atoms with Crippen LogP contribution in [0.25, 0.3) is 0 Å². The minimum Gasteiger partial charge on any atom is -0.381 e. The molecule has 0 saturated carbocycles. The van der Waals surface area contributed by atoms with Gasteiger partial charge in [0.1, 0.15) is 0 Å². The van der Waals surface area contributed by atoms with E-state index in [-0.39, 0.29) is 0 Å². The lowest BCUT2D eigenvalue weighted by molar-refractivity contribution is 0.0961. The van der Waals surface area contributed by atoms with Gasteiger partial charge in [-0.2, -0.15) is 0 Å². The lowest BCUT2D eigenvalue weighted by Crippen LogP contribution is -2.36. The van der Waals surface area contributed by atoms with Gasteiger partial charge in [-0.1, -0.05) is 34.6 Å². The van der Waals surface area contributed by atoms with Gasteiger partial charge in [-0.15, -0.1) is 0 Å². The zero-order valence-corrected chi connectivity index (χ0v) is 11.2. The normalized spacial score (nSPS) is 15.6. The van der Waals surface area contributed by atoms with Crippen molar-refractivity contribution in [3.63, 3.8) is 0 Å². The van der Waals surface area contributed by atoms with Crippen molar-refractivity contribution in [1.82, 2.24) is 5.32 Å². The Bertz CT molecular complexity index is 147. The molecule has 15 heavy (non-hydrogen) atoms. The Morgan fingerprint density at radius 2 is 1.87 bits per heavy atom. The number of hydrogen-bond donors (Lipinski definition) is 1. The van der Waals surface area contributed by atoms with Crippen LogP contribution in [-0.4, -0.2) is 25.8 Å². The van der Waals surface area contributed by atoms with E-state index >= 15 is 0 Å². The molecule has 0 fully saturated rings. The Balaban J connectivity index is 3.75. The van der Waals surface area contributed by atoms with Crippen LogP contribution in [0.4, 0.5) is 0 Å². The van der Waals surface area contributed by atoms with Crippen molar-refractivity contribution in [2.24, 2.45) is 5.41 Å². The molecule has 2 heteroatoms. The Morgan fingerprint density at radius 3 is 2.33 bits per heavy atom. The lowest BCUT2D eigenvalue weighted by Gasteiger charge is -2.29. The van der Waals surface area contributed by atoms with Crippen molar-refractivity contribution in [2.45, 2.75) is 59.9 Å². The highest BCUT2D eigenvalue weighted by molar-refractivity contribution is 4.76. The van der Waals surface area contributed by atoms with E-state index in [9.17, 15) is 0 Å². The summed E-state index contributed by atoms with van der Waals surface area (Å²) in [7, 11) is 0. The monoisotopic (exact) mass is 215 g/mol. The molecule has 2 nitrogen and oxygen atoms in total. The SMILES string of the molecule is CCCOCCC(C)(CC)CNC(C)C. The summed E-state index contributed by atoms with van der Waals surface area (Å²) in [5, 5.41) is 3.52. The van der Waals surface area contributed by atoms with Gasteiger partial charge < -0.3 is 10.1 Å². The molecule has 0 aliphatic rings. The Hall–Kier alpha value is -0.0800. The van der Waals surface area contributed by atoms with Crippen molar-refractivity contribution >= 4 is 0 Å². The van der Waals surface area contributed by atoms with Crippen molar-refractivity contribution < 1.29 is 4.74 Å². The van der Waals surface area contributed by atoms with Gasteiger partial charge in [-0.3, -0.25) is 0 Å². The molecule has 0 saturated heterocycles. The number of hydrogen-bond acceptors (Lipinski definition) is 2. The summed E-state index contributed by atoms with van der Waals surface area (Å²) >= 11 is 0. The third-order valence-corrected chi connectivity index (χ3v) is 2.99. The summed E-state index contributed by atoms with van der Waals surface area (Å²) < 4.78 is 5.56. The maximum absolute atomic E-state index is 5.56. The molecule has 0 bridgehead atoms. The van der Waals surface area contributed by atoms with Gasteiger partial charge in [-0.25, -0.2) is 0 Å². The fourth-order valence-electron chi connectivity index (χ4n) is 1.41. The van der Waals surface area contributed by atoms with Crippen molar-refractivity contribution in [1.29, 1.82) is 0 Å². The van der Waals surface area contributed by atoms with Crippen LogP contribution in [0.1, 0.15) is 53.9 Å². The molecule has 1 unspecified atom stereocenters. The average Bonchev–Trinajstić information content (AvgIpc) is 2.22. The fourth-order valence-corrected chi connectivity index (χ4v) is 1.41. The van der Waals surface area contributed by atoms with Crippen LogP contribution < -0.4 is 5.32 Å². The third kappa shape index (κ3) is 7.80. The summed E-state index contributed by atoms with van der Waals surface area (Å²) in [6.45, 7) is 14.1. The highest BCUT2D eigenvalue weighted by atomic mass is 16.5. The summed E-state index contributed by atoms with van der Waals surface area (Å²) in [5.41, 5.74) is 0.387. The van der Waals surface area contributed by atoms with Crippen LogP contribution >= 0.6 is 0 Å². The Labute approximate surface area is 95.8 Å². The standard InChI is InChI=1S/C13H29NO/c1-6-9-15-10-8-13(5,7-2)11-14-12(3)4/h12,14H,6-11H2,1-5H3. The summed E-state index contributed by atoms with van der Waals surface area (Å²) in [6.07, 6.45) is 3.48. The van der Waals surface area contributed by atoms with E-state index in [0.29, 0.717) is 11.5 Å². The van der Waals surface area contributed by atoms with E-state index < -0.39 is 0 Å². The average molecular weight is 215 g/mol. The molecular formula is C13H29NO. The predicted octanol–water partition coefficient (Wildman–Crippen LogP) is 3.22. The first kappa shape index (κ1) is 14.9. The van der Waals surface area contributed by atoms with Crippen LogP contribution in [0.2, 0.25) is 0 Å². The van der Waals surface area contributed by atoms with Crippen molar-refractivity contribution in [2.75, 3.05) is 19.8 Å². The van der Waals surface area contributed by atoms with Crippen LogP contribution in [0.3, 0.4) is 0 Å². The second-order valence-corrected chi connectivity index (χ2v) is 5.06. The zero-order valence-electron chi connectivity index (χ0n) is 11.2. The molecule has 0 amide bonds. The van der Waals surface area contributed by atoms with Gasteiger partial charge in [0.25, 0.3) is 0 Å². The maximum Gasteiger partial charge on any atom is 0.0471 e. The molecule has 1 N–H and O–H groups in total. The smallest absolute Gasteiger partial charge is 0.0471 e. The number of rotatable bonds is 9. The second-order valence-electron chi connectivity index (χ2n) is 5.06. The Morgan fingerprint density at radius 1 is 1.20 bits per heavy atom. The molecule has 1 atom stereocenters. The summed E-state index contributed by atoms with van der Waals surface area (Å²) in [4.78, 5) is 0. The first-order chi connectivity index (χ1) is 7.04. The fraction of sp³-hybridized carbons (Fsp3) is 1.00. The largest absolute Gasteiger partial charge is 0.381 e. The summed E-state index contributed by atoms with van der Waals surface area (Å²) in [6, 6.07) is 0.576. The van der Waals surface area contributed by atoms with E-state index in [1.165, 1.54) is 6.42 Å². The first-order valence-corrected chi connectivity index (χ1v) is 6.35. The van der Waals surface area contributed by atoms with E-state index in [4.69, 9.17) is 4.74 Å². The molecule has 0 spiro atoms. The lowest BCUT2D eigenvalue weighted by atomic mass is 9.84. The molecule has 0 aliphatic carbocycles. The van der Waals surface area contributed by atoms with Gasteiger partial charge in [0, 0.05) is 25.8 Å². The number of ether oxygens (including phenoxy) is 1. The van der Waals surface area contributed by atoms with Crippen LogP contribution in [0.15, 0.2) is 0 Å². The Kier molecular flexibility index (Phi) is 8.07. The quantitative estimate of drug-likeness (QED) is 0.596. The molecule has 0 radical (unpaired) electrons. The predicted molar refractivity (Wildman–Crippen MR) is 67.3 cm³/mol. The van der Waals surface area contributed by atoms with E-state index in [2.05, 4.69) is 39.9 Å². The van der Waals surface area contributed by atoms with Crippen LogP contribution in [0, 0.1) is 5.41 Å². The minimum absolute atomic E-state index is 0.387. The molecule has 0 aromatic carbocycles. The van der Waals surface area contributed by atoms with Crippen LogP contribution in [-0.2, 0) is 4.74 Å². The van der Waals surface area contributed by atoms with E-state index in [1.54, 1.807) is 0 Å². The molecule has 0 rings (SSSR count). The number of nitrogens with one attached hydrogen (secondary N) is 1. The maximum atomic E-state index is 5.56. The second kappa shape index (κ2) is 8.12. The molecule has 0 aromatic heterocycles. The molecular weight excluding hydrogens is 186 g/mol. The minimum atomic E-state index is 0.387. The molecule has 0 aliphatic heterocycles. The van der Waals surface area contributed by atoms with E-state index in [0.717, 1.165) is 32.6 Å². The highest BCUT2D eigenvalue weighted by Gasteiger charge is 2.21. The zero-order chi connectivity index (χ0) is 11.7. The third-order valence-electron chi connectivity index (χ3n) is 2.99. The first-order valence-electron chi connectivity index (χ1n) is 6.35. The molecule has 0 heterocycles. The van der Waals surface area contributed by atoms with Crippen molar-refractivity contribution in [3.8, 4) is 0 Å². The van der Waals surface area contributed by atoms with Gasteiger partial charge >= 0.3 is 0 Å². The van der Waals surface area contributed by atoms with Gasteiger partial charge in [0.05, 0.1) is 0 Å². The highest BCUT2D eigenvalue weighted by Crippen LogP contribution is 2.24. The molecule has 92 valence electrons. The summed E-state index contributed by atoms with van der Waals surface area (Å²) in [5.74, 6) is 0. The van der Waals surface area contributed by atoms with Gasteiger partial charge in [0.15, 0.2) is 0 Å². The van der Waals surface area contributed by atoms with Gasteiger partial charge in [-0.05, 0) is 24.7 Å². The topological polar surface area (TPSA) is 21.3 Å².